The van der Waals surface area contributed by atoms with E-state index in [0.717, 1.165) is 52.0 Å². The van der Waals surface area contributed by atoms with Gasteiger partial charge in [-0.25, -0.2) is 13.4 Å². The van der Waals surface area contributed by atoms with E-state index in [9.17, 15) is 13.2 Å². The van der Waals surface area contributed by atoms with Gasteiger partial charge >= 0.3 is 0 Å². The molecule has 168 valence electrons. The highest BCUT2D eigenvalue weighted by atomic mass is 32.2. The van der Waals surface area contributed by atoms with Crippen LogP contribution in [0.1, 0.15) is 30.4 Å². The van der Waals surface area contributed by atoms with Crippen LogP contribution in [-0.2, 0) is 14.8 Å². The van der Waals surface area contributed by atoms with E-state index >= 15 is 0 Å². The number of fused-ring (bicyclic) bond motifs is 1. The molecule has 4 rings (SSSR count). The molecule has 1 fully saturated rings. The first-order valence-corrected chi connectivity index (χ1v) is 13.2. The van der Waals surface area contributed by atoms with Gasteiger partial charge in [0.05, 0.1) is 21.2 Å². The summed E-state index contributed by atoms with van der Waals surface area (Å²) in [6.07, 6.45) is 2.90. The first-order valence-electron chi connectivity index (χ1n) is 10.7. The normalized spacial score (nSPS) is 15.1. The Morgan fingerprint density at radius 1 is 1.06 bits per heavy atom. The Hall–Kier alpha value is -2.42. The predicted octanol–water partition coefficient (Wildman–Crippen LogP) is 4.76. The van der Waals surface area contributed by atoms with E-state index in [1.165, 1.54) is 11.8 Å². The van der Waals surface area contributed by atoms with Gasteiger partial charge in [-0.3, -0.25) is 4.79 Å². The number of aryl methyl sites for hydroxylation is 2. The standard InChI is InChI=1S/C24H27N3O3S2/c1-17-7-6-8-19(13-17)25-23(28)16-31-24-14-18(2)21-15-20(9-10-22(21)26-24)32(29,30)27-11-4-3-5-12-27/h6-10,13-15H,3-5,11-12,16H2,1-2H3,(H,25,28). The molecule has 0 bridgehead atoms. The lowest BCUT2D eigenvalue weighted by Gasteiger charge is -2.26. The van der Waals surface area contributed by atoms with Crippen molar-refractivity contribution < 1.29 is 13.2 Å². The van der Waals surface area contributed by atoms with Gasteiger partial charge in [0.15, 0.2) is 0 Å². The van der Waals surface area contributed by atoms with Gasteiger partial charge in [-0.15, -0.1) is 0 Å². The number of rotatable bonds is 6. The Morgan fingerprint density at radius 2 is 1.84 bits per heavy atom. The van der Waals surface area contributed by atoms with Gasteiger partial charge in [-0.05, 0) is 74.2 Å². The SMILES string of the molecule is Cc1cccc(NC(=O)CSc2cc(C)c3cc(S(=O)(=O)N4CCCCC4)ccc3n2)c1. The van der Waals surface area contributed by atoms with E-state index in [-0.39, 0.29) is 11.7 Å². The number of benzene rings is 2. The Balaban J connectivity index is 1.49. The molecule has 0 aliphatic carbocycles. The van der Waals surface area contributed by atoms with Crippen LogP contribution < -0.4 is 5.32 Å². The van der Waals surface area contributed by atoms with Gasteiger partial charge in [0.1, 0.15) is 0 Å². The van der Waals surface area contributed by atoms with Crippen LogP contribution in [-0.4, -0.2) is 42.5 Å². The van der Waals surface area contributed by atoms with Crippen molar-refractivity contribution in [3.05, 3.63) is 59.7 Å². The number of anilines is 1. The number of thioether (sulfide) groups is 1. The number of hydrogen-bond acceptors (Lipinski definition) is 5. The Kier molecular flexibility index (Phi) is 6.83. The molecule has 2 heterocycles. The van der Waals surface area contributed by atoms with Gasteiger partial charge in [0.25, 0.3) is 0 Å². The molecule has 0 radical (unpaired) electrons. The Bertz CT molecular complexity index is 1250. The molecule has 0 spiro atoms. The minimum absolute atomic E-state index is 0.0943. The van der Waals surface area contributed by atoms with Gasteiger partial charge in [0, 0.05) is 24.2 Å². The second-order valence-corrected chi connectivity index (χ2v) is 11.1. The summed E-state index contributed by atoms with van der Waals surface area (Å²) in [7, 11) is -3.49. The van der Waals surface area contributed by atoms with E-state index in [4.69, 9.17) is 0 Å². The lowest BCUT2D eigenvalue weighted by atomic mass is 10.1. The fourth-order valence-electron chi connectivity index (χ4n) is 3.89. The Morgan fingerprint density at radius 3 is 2.59 bits per heavy atom. The lowest BCUT2D eigenvalue weighted by Crippen LogP contribution is -2.35. The van der Waals surface area contributed by atoms with Crippen molar-refractivity contribution in [1.82, 2.24) is 9.29 Å². The van der Waals surface area contributed by atoms with Crippen LogP contribution in [0.25, 0.3) is 10.9 Å². The van der Waals surface area contributed by atoms with Crippen LogP contribution in [0.2, 0.25) is 0 Å². The van der Waals surface area contributed by atoms with Crippen molar-refractivity contribution in [1.29, 1.82) is 0 Å². The summed E-state index contributed by atoms with van der Waals surface area (Å²) in [5.41, 5.74) is 3.53. The highest BCUT2D eigenvalue weighted by Gasteiger charge is 2.26. The summed E-state index contributed by atoms with van der Waals surface area (Å²) in [4.78, 5) is 17.3. The molecule has 32 heavy (non-hydrogen) atoms. The van der Waals surface area contributed by atoms with Crippen LogP contribution >= 0.6 is 11.8 Å². The summed E-state index contributed by atoms with van der Waals surface area (Å²) in [6.45, 7) is 5.09. The highest BCUT2D eigenvalue weighted by molar-refractivity contribution is 7.99. The van der Waals surface area contributed by atoms with Crippen LogP contribution in [0.15, 0.2) is 58.5 Å². The predicted molar refractivity (Wildman–Crippen MR) is 130 cm³/mol. The number of amides is 1. The molecule has 1 saturated heterocycles. The highest BCUT2D eigenvalue weighted by Crippen LogP contribution is 2.28. The van der Waals surface area contributed by atoms with Crippen molar-refractivity contribution in [2.75, 3.05) is 24.2 Å². The molecular formula is C24H27N3O3S2. The van der Waals surface area contributed by atoms with Crippen molar-refractivity contribution in [2.24, 2.45) is 0 Å². The minimum Gasteiger partial charge on any atom is -0.325 e. The van der Waals surface area contributed by atoms with E-state index in [2.05, 4.69) is 10.3 Å². The van der Waals surface area contributed by atoms with Crippen molar-refractivity contribution in [3.8, 4) is 0 Å². The van der Waals surface area contributed by atoms with E-state index < -0.39 is 10.0 Å². The first-order chi connectivity index (χ1) is 15.3. The molecule has 1 aliphatic rings. The summed E-state index contributed by atoms with van der Waals surface area (Å²) >= 11 is 1.36. The van der Waals surface area contributed by atoms with E-state index in [1.807, 2.05) is 44.2 Å². The Labute approximate surface area is 193 Å². The number of nitrogens with zero attached hydrogens (tertiary/aromatic N) is 2. The zero-order valence-corrected chi connectivity index (χ0v) is 19.9. The van der Waals surface area contributed by atoms with Gasteiger partial charge in [0.2, 0.25) is 15.9 Å². The molecule has 0 atom stereocenters. The van der Waals surface area contributed by atoms with Crippen LogP contribution in [0.4, 0.5) is 5.69 Å². The molecule has 1 N–H and O–H groups in total. The third-order valence-electron chi connectivity index (χ3n) is 5.57. The molecule has 1 aliphatic heterocycles. The second kappa shape index (κ2) is 9.60. The molecule has 3 aromatic rings. The number of carbonyl (C=O) groups is 1. The molecule has 2 aromatic carbocycles. The fraction of sp³-hybridized carbons (Fsp3) is 0.333. The van der Waals surface area contributed by atoms with Gasteiger partial charge < -0.3 is 5.32 Å². The van der Waals surface area contributed by atoms with Crippen LogP contribution in [0, 0.1) is 13.8 Å². The summed E-state index contributed by atoms with van der Waals surface area (Å²) < 4.78 is 27.6. The average Bonchev–Trinajstić information content (AvgIpc) is 2.78. The number of sulfonamides is 1. The molecule has 6 nitrogen and oxygen atoms in total. The maximum absolute atomic E-state index is 13.0. The third-order valence-corrected chi connectivity index (χ3v) is 8.38. The zero-order valence-electron chi connectivity index (χ0n) is 18.3. The first kappa shape index (κ1) is 22.8. The number of carbonyl (C=O) groups excluding carboxylic acids is 1. The molecule has 1 amide bonds. The van der Waals surface area contributed by atoms with Crippen molar-refractivity contribution >= 4 is 44.3 Å². The third kappa shape index (κ3) is 5.14. The minimum atomic E-state index is -3.49. The monoisotopic (exact) mass is 469 g/mol. The summed E-state index contributed by atoms with van der Waals surface area (Å²) in [6, 6.07) is 14.7. The maximum atomic E-state index is 13.0. The summed E-state index contributed by atoms with van der Waals surface area (Å²) in [5.74, 6) is 0.149. The number of piperidine rings is 1. The second-order valence-electron chi connectivity index (χ2n) is 8.13. The van der Waals surface area contributed by atoms with Gasteiger partial charge in [-0.1, -0.05) is 30.3 Å². The lowest BCUT2D eigenvalue weighted by molar-refractivity contribution is -0.113. The average molecular weight is 470 g/mol. The number of pyridine rings is 1. The number of aromatic nitrogens is 1. The quantitative estimate of drug-likeness (QED) is 0.527. The van der Waals surface area contributed by atoms with Crippen molar-refractivity contribution in [2.45, 2.75) is 43.0 Å². The zero-order chi connectivity index (χ0) is 22.7. The van der Waals surface area contributed by atoms with Gasteiger partial charge in [-0.2, -0.15) is 4.31 Å². The molecular weight excluding hydrogens is 442 g/mol. The molecule has 0 unspecified atom stereocenters. The van der Waals surface area contributed by atoms with E-state index in [1.54, 1.807) is 22.5 Å². The molecule has 0 saturated carbocycles. The molecule has 8 heteroatoms. The maximum Gasteiger partial charge on any atom is 0.243 e. The smallest absolute Gasteiger partial charge is 0.243 e. The molecule has 1 aromatic heterocycles. The summed E-state index contributed by atoms with van der Waals surface area (Å²) in [5, 5.41) is 4.45. The number of hydrogen-bond donors (Lipinski definition) is 1. The van der Waals surface area contributed by atoms with Crippen LogP contribution in [0.5, 0.6) is 0 Å². The largest absolute Gasteiger partial charge is 0.325 e. The topological polar surface area (TPSA) is 79.4 Å². The fourth-order valence-corrected chi connectivity index (χ4v) is 6.21. The number of nitrogens with one attached hydrogen (secondary N) is 1. The van der Waals surface area contributed by atoms with Crippen LogP contribution in [0.3, 0.4) is 0 Å². The van der Waals surface area contributed by atoms with E-state index in [0.29, 0.717) is 18.0 Å². The van der Waals surface area contributed by atoms with Crippen molar-refractivity contribution in [3.63, 3.8) is 0 Å².